The average molecular weight is 460 g/mol. The minimum Gasteiger partial charge on any atom is -0.484 e. The molecule has 0 radical (unpaired) electrons. The summed E-state index contributed by atoms with van der Waals surface area (Å²) < 4.78 is 17.7. The van der Waals surface area contributed by atoms with Gasteiger partial charge in [-0.1, -0.05) is 23.7 Å². The lowest BCUT2D eigenvalue weighted by Crippen LogP contribution is -2.45. The van der Waals surface area contributed by atoms with Gasteiger partial charge in [0.2, 0.25) is 6.79 Å². The number of hydrogen-bond acceptors (Lipinski definition) is 6. The predicted octanol–water partition coefficient (Wildman–Crippen LogP) is 2.71. The van der Waals surface area contributed by atoms with Gasteiger partial charge in [-0.25, -0.2) is 0 Å². The van der Waals surface area contributed by atoms with Gasteiger partial charge in [-0.3, -0.25) is 20.3 Å². The Morgan fingerprint density at radius 3 is 2.77 bits per heavy atom. The number of carbonyl (C=O) groups excluding carboxylic acids is 1. The molecular formula is C20H18ClN5O4S. The second-order valence-electron chi connectivity index (χ2n) is 6.46. The van der Waals surface area contributed by atoms with Gasteiger partial charge < -0.3 is 19.5 Å². The van der Waals surface area contributed by atoms with Crippen LogP contribution in [0, 0.1) is 0 Å². The van der Waals surface area contributed by atoms with E-state index < -0.39 is 5.91 Å². The molecule has 1 aliphatic heterocycles. The highest BCUT2D eigenvalue weighted by atomic mass is 35.5. The van der Waals surface area contributed by atoms with E-state index in [4.69, 9.17) is 38.0 Å². The minimum atomic E-state index is -0.407. The molecule has 3 aromatic rings. The Balaban J connectivity index is 1.19. The van der Waals surface area contributed by atoms with E-state index in [9.17, 15) is 4.79 Å². The van der Waals surface area contributed by atoms with Crippen LogP contribution in [0.3, 0.4) is 0 Å². The van der Waals surface area contributed by atoms with Crippen molar-refractivity contribution in [1.29, 1.82) is 0 Å². The van der Waals surface area contributed by atoms with Gasteiger partial charge in [-0.05, 0) is 42.0 Å². The Hall–Kier alpha value is -3.50. The quantitative estimate of drug-likeness (QED) is 0.382. The van der Waals surface area contributed by atoms with E-state index in [2.05, 4.69) is 21.3 Å². The maximum atomic E-state index is 12.0. The van der Waals surface area contributed by atoms with Crippen LogP contribution in [0.15, 0.2) is 54.7 Å². The molecule has 0 unspecified atom stereocenters. The monoisotopic (exact) mass is 459 g/mol. The zero-order valence-corrected chi connectivity index (χ0v) is 17.7. The van der Waals surface area contributed by atoms with Gasteiger partial charge in [-0.2, -0.15) is 5.10 Å². The van der Waals surface area contributed by atoms with Gasteiger partial charge in [0.25, 0.3) is 5.91 Å². The van der Waals surface area contributed by atoms with Crippen molar-refractivity contribution < 1.29 is 19.0 Å². The van der Waals surface area contributed by atoms with Crippen molar-refractivity contribution in [2.45, 2.75) is 6.54 Å². The lowest BCUT2D eigenvalue weighted by atomic mass is 10.2. The third-order valence-corrected chi connectivity index (χ3v) is 4.63. The van der Waals surface area contributed by atoms with Crippen molar-refractivity contribution >= 4 is 40.7 Å². The summed E-state index contributed by atoms with van der Waals surface area (Å²) in [6.07, 6.45) is 1.82. The number of aromatic nitrogens is 2. The molecule has 0 saturated heterocycles. The number of hydrogen-bond donors (Lipinski definition) is 3. The largest absolute Gasteiger partial charge is 0.484 e. The Morgan fingerprint density at radius 1 is 1.13 bits per heavy atom. The fourth-order valence-corrected chi connectivity index (χ4v) is 3.00. The van der Waals surface area contributed by atoms with Crippen molar-refractivity contribution in [2.75, 3.05) is 18.7 Å². The normalized spacial score (nSPS) is 11.6. The van der Waals surface area contributed by atoms with Crippen molar-refractivity contribution in [3.63, 3.8) is 0 Å². The number of nitrogens with one attached hydrogen (secondary N) is 3. The Bertz CT molecular complexity index is 1090. The van der Waals surface area contributed by atoms with E-state index >= 15 is 0 Å². The first kappa shape index (κ1) is 20.8. The van der Waals surface area contributed by atoms with Gasteiger partial charge in [0.05, 0.1) is 6.54 Å². The van der Waals surface area contributed by atoms with Crippen molar-refractivity contribution in [3.8, 4) is 17.2 Å². The fraction of sp³-hybridized carbons (Fsp3) is 0.150. The van der Waals surface area contributed by atoms with E-state index in [1.165, 1.54) is 0 Å². The third kappa shape index (κ3) is 5.77. The number of amides is 1. The Morgan fingerprint density at radius 2 is 1.94 bits per heavy atom. The van der Waals surface area contributed by atoms with E-state index in [1.807, 2.05) is 30.5 Å². The van der Waals surface area contributed by atoms with Crippen LogP contribution < -0.4 is 30.4 Å². The summed E-state index contributed by atoms with van der Waals surface area (Å²) in [7, 11) is 0. The van der Waals surface area contributed by atoms with Crippen molar-refractivity contribution in [1.82, 2.24) is 20.6 Å². The summed E-state index contributed by atoms with van der Waals surface area (Å²) >= 11 is 11.1. The maximum absolute atomic E-state index is 12.0. The summed E-state index contributed by atoms with van der Waals surface area (Å²) in [4.78, 5) is 12.0. The van der Waals surface area contributed by atoms with Crippen LogP contribution in [-0.4, -0.2) is 34.2 Å². The molecule has 0 atom stereocenters. The SMILES string of the molecule is O=C(COc1ccc2c(c1)OCO2)NNC(=S)Nc1ccn(Cc2ccc(Cl)cc2)n1. The van der Waals surface area contributed by atoms with E-state index in [1.54, 1.807) is 28.9 Å². The molecular weight excluding hydrogens is 442 g/mol. The number of ether oxygens (including phenoxy) is 3. The highest BCUT2D eigenvalue weighted by Crippen LogP contribution is 2.34. The minimum absolute atomic E-state index is 0.174. The average Bonchev–Trinajstić information content (AvgIpc) is 3.41. The molecule has 0 spiro atoms. The zero-order valence-electron chi connectivity index (χ0n) is 16.1. The molecule has 4 rings (SSSR count). The maximum Gasteiger partial charge on any atom is 0.276 e. The van der Waals surface area contributed by atoms with Crippen LogP contribution >= 0.6 is 23.8 Å². The standard InChI is InChI=1S/C20H18ClN5O4S/c21-14-3-1-13(2-4-14)10-26-8-7-18(25-26)22-20(31)24-23-19(27)11-28-15-5-6-16-17(9-15)30-12-29-16/h1-9H,10-12H2,(H,23,27)(H2,22,24,25,31). The number of carbonyl (C=O) groups is 1. The van der Waals surface area contributed by atoms with E-state index in [-0.39, 0.29) is 18.5 Å². The number of benzene rings is 2. The number of hydrazine groups is 1. The van der Waals surface area contributed by atoms with Crippen LogP contribution in [0.1, 0.15) is 5.56 Å². The highest BCUT2D eigenvalue weighted by molar-refractivity contribution is 7.80. The van der Waals surface area contributed by atoms with Crippen LogP contribution in [0.5, 0.6) is 17.2 Å². The molecule has 0 bridgehead atoms. The fourth-order valence-electron chi connectivity index (χ4n) is 2.72. The molecule has 1 amide bonds. The molecule has 160 valence electrons. The summed E-state index contributed by atoms with van der Waals surface area (Å²) in [5, 5.41) is 8.16. The molecule has 0 fully saturated rings. The molecule has 11 heteroatoms. The second-order valence-corrected chi connectivity index (χ2v) is 7.30. The molecule has 3 N–H and O–H groups in total. The van der Waals surface area contributed by atoms with Crippen LogP contribution in [0.2, 0.25) is 5.02 Å². The molecule has 0 saturated carbocycles. The van der Waals surface area contributed by atoms with Crippen molar-refractivity contribution in [2.24, 2.45) is 0 Å². The number of rotatable bonds is 6. The molecule has 0 aliphatic carbocycles. The predicted molar refractivity (Wildman–Crippen MR) is 118 cm³/mol. The lowest BCUT2D eigenvalue weighted by molar-refractivity contribution is -0.123. The first-order valence-electron chi connectivity index (χ1n) is 9.21. The van der Waals surface area contributed by atoms with Gasteiger partial charge in [0.15, 0.2) is 29.0 Å². The summed E-state index contributed by atoms with van der Waals surface area (Å²) in [5.74, 6) is 1.85. The Kier molecular flexibility index (Phi) is 6.39. The summed E-state index contributed by atoms with van der Waals surface area (Å²) in [6, 6.07) is 14.4. The van der Waals surface area contributed by atoms with E-state index in [0.29, 0.717) is 34.6 Å². The molecule has 2 aromatic carbocycles. The number of fused-ring (bicyclic) bond motifs is 1. The number of thiocarbonyl (C=S) groups is 1. The molecule has 1 aliphatic rings. The zero-order chi connectivity index (χ0) is 21.6. The number of nitrogens with zero attached hydrogens (tertiary/aromatic N) is 2. The topological polar surface area (TPSA) is 98.7 Å². The van der Waals surface area contributed by atoms with Gasteiger partial charge >= 0.3 is 0 Å². The Labute approximate surface area is 188 Å². The van der Waals surface area contributed by atoms with Gasteiger partial charge in [-0.15, -0.1) is 0 Å². The number of halogens is 1. The number of anilines is 1. The molecule has 9 nitrogen and oxygen atoms in total. The summed E-state index contributed by atoms with van der Waals surface area (Å²) in [5.41, 5.74) is 6.13. The smallest absolute Gasteiger partial charge is 0.276 e. The molecule has 31 heavy (non-hydrogen) atoms. The van der Waals surface area contributed by atoms with Crippen molar-refractivity contribution in [3.05, 3.63) is 65.3 Å². The van der Waals surface area contributed by atoms with Crippen LogP contribution in [-0.2, 0) is 11.3 Å². The highest BCUT2D eigenvalue weighted by Gasteiger charge is 2.14. The third-order valence-electron chi connectivity index (χ3n) is 4.17. The van der Waals surface area contributed by atoms with E-state index in [0.717, 1.165) is 5.56 Å². The second kappa shape index (κ2) is 9.54. The first-order chi connectivity index (χ1) is 15.0. The van der Waals surface area contributed by atoms with Crippen LogP contribution in [0.25, 0.3) is 0 Å². The first-order valence-corrected chi connectivity index (χ1v) is 10.00. The summed E-state index contributed by atoms with van der Waals surface area (Å²) in [6.45, 7) is 0.560. The van der Waals surface area contributed by atoms with Gasteiger partial charge in [0.1, 0.15) is 5.75 Å². The van der Waals surface area contributed by atoms with Gasteiger partial charge in [0, 0.05) is 23.4 Å². The lowest BCUT2D eigenvalue weighted by Gasteiger charge is -2.11. The van der Waals surface area contributed by atoms with Crippen LogP contribution in [0.4, 0.5) is 5.82 Å². The molecule has 1 aromatic heterocycles. The molecule has 2 heterocycles.